The third kappa shape index (κ3) is 7.85. The molecule has 126 valence electrons. The lowest BCUT2D eigenvalue weighted by molar-refractivity contribution is -0.154. The molecule has 0 saturated carbocycles. The van der Waals surface area contributed by atoms with Gasteiger partial charge in [-0.1, -0.05) is 32.0 Å². The molecule has 0 aromatic heterocycles. The molecule has 0 saturated heterocycles. The van der Waals surface area contributed by atoms with Gasteiger partial charge >= 0.3 is 12.0 Å². The van der Waals surface area contributed by atoms with Crippen molar-refractivity contribution in [3.8, 4) is 5.75 Å². The fraction of sp³-hybridized carbons (Fsp3) is 0.438. The molecule has 1 rings (SSSR count). The largest absolute Gasteiger partial charge is 0.479 e. The van der Waals surface area contributed by atoms with E-state index in [1.54, 1.807) is 24.3 Å². The molecule has 0 fully saturated rings. The van der Waals surface area contributed by atoms with Crippen LogP contribution >= 0.6 is 0 Å². The average molecular weight is 322 g/mol. The minimum Gasteiger partial charge on any atom is -0.479 e. The molecule has 0 aliphatic carbocycles. The van der Waals surface area contributed by atoms with Gasteiger partial charge in [-0.15, -0.1) is 0 Å². The second-order valence-corrected chi connectivity index (χ2v) is 5.33. The van der Waals surface area contributed by atoms with E-state index in [1.165, 1.54) is 6.92 Å². The molecule has 1 atom stereocenters. The van der Waals surface area contributed by atoms with E-state index in [0.29, 0.717) is 12.3 Å². The quantitative estimate of drug-likeness (QED) is 0.742. The summed E-state index contributed by atoms with van der Waals surface area (Å²) in [7, 11) is 0. The standard InChI is InChI=1S/C16H22N2O5/c1-11(2)9-17-16(21)18-14(19)10-22-15(20)12(3)23-13-7-5-4-6-8-13/h4-8,11-12H,9-10H2,1-3H3,(H2,17,18,19,21)/t12-/m1/s1. The van der Waals surface area contributed by atoms with Crippen molar-refractivity contribution in [3.63, 3.8) is 0 Å². The smallest absolute Gasteiger partial charge is 0.347 e. The Morgan fingerprint density at radius 1 is 1.09 bits per heavy atom. The summed E-state index contributed by atoms with van der Waals surface area (Å²) in [6.07, 6.45) is -0.861. The maximum Gasteiger partial charge on any atom is 0.347 e. The van der Waals surface area contributed by atoms with Crippen LogP contribution in [0.25, 0.3) is 0 Å². The van der Waals surface area contributed by atoms with Gasteiger partial charge in [-0.05, 0) is 25.0 Å². The third-order valence-corrected chi connectivity index (χ3v) is 2.66. The fourth-order valence-electron chi connectivity index (χ4n) is 1.51. The Labute approximate surface area is 135 Å². The summed E-state index contributed by atoms with van der Waals surface area (Å²) in [5, 5.41) is 4.59. The van der Waals surface area contributed by atoms with Crippen LogP contribution < -0.4 is 15.4 Å². The summed E-state index contributed by atoms with van der Waals surface area (Å²) in [5.41, 5.74) is 0. The van der Waals surface area contributed by atoms with E-state index in [9.17, 15) is 14.4 Å². The number of hydrogen-bond acceptors (Lipinski definition) is 5. The van der Waals surface area contributed by atoms with Gasteiger partial charge in [0, 0.05) is 6.54 Å². The zero-order chi connectivity index (χ0) is 17.2. The van der Waals surface area contributed by atoms with Crippen LogP contribution in [-0.4, -0.2) is 37.2 Å². The van der Waals surface area contributed by atoms with E-state index >= 15 is 0 Å². The molecule has 2 N–H and O–H groups in total. The van der Waals surface area contributed by atoms with Crippen LogP contribution in [0.15, 0.2) is 30.3 Å². The number of esters is 1. The first-order valence-electron chi connectivity index (χ1n) is 7.34. The number of benzene rings is 1. The third-order valence-electron chi connectivity index (χ3n) is 2.66. The highest BCUT2D eigenvalue weighted by Crippen LogP contribution is 2.11. The number of carbonyl (C=O) groups excluding carboxylic acids is 3. The monoisotopic (exact) mass is 322 g/mol. The van der Waals surface area contributed by atoms with Crippen LogP contribution in [0.5, 0.6) is 5.75 Å². The van der Waals surface area contributed by atoms with E-state index in [4.69, 9.17) is 9.47 Å². The fourth-order valence-corrected chi connectivity index (χ4v) is 1.51. The Hall–Kier alpha value is -2.57. The Bertz CT molecular complexity index is 531. The van der Waals surface area contributed by atoms with Crippen molar-refractivity contribution in [2.24, 2.45) is 5.92 Å². The number of para-hydroxylation sites is 1. The van der Waals surface area contributed by atoms with E-state index in [0.717, 1.165) is 0 Å². The zero-order valence-corrected chi connectivity index (χ0v) is 13.5. The summed E-state index contributed by atoms with van der Waals surface area (Å²) < 4.78 is 10.2. The molecule has 7 nitrogen and oxygen atoms in total. The summed E-state index contributed by atoms with van der Waals surface area (Å²) >= 11 is 0. The van der Waals surface area contributed by atoms with Crippen LogP contribution in [0.4, 0.5) is 4.79 Å². The van der Waals surface area contributed by atoms with Crippen LogP contribution in [0.3, 0.4) is 0 Å². The summed E-state index contributed by atoms with van der Waals surface area (Å²) in [4.78, 5) is 34.6. The Kier molecular flexibility index (Phi) is 7.59. The Morgan fingerprint density at radius 3 is 2.35 bits per heavy atom. The molecule has 0 bridgehead atoms. The van der Waals surface area contributed by atoms with Crippen LogP contribution in [0.2, 0.25) is 0 Å². The molecule has 1 aromatic carbocycles. The molecule has 1 aromatic rings. The number of imide groups is 1. The minimum absolute atomic E-state index is 0.268. The molecular weight excluding hydrogens is 300 g/mol. The molecule has 7 heteroatoms. The molecular formula is C16H22N2O5. The van der Waals surface area contributed by atoms with Gasteiger partial charge in [0.1, 0.15) is 5.75 Å². The highest BCUT2D eigenvalue weighted by atomic mass is 16.6. The van der Waals surface area contributed by atoms with E-state index in [2.05, 4.69) is 10.6 Å². The molecule has 0 radical (unpaired) electrons. The predicted molar refractivity (Wildman–Crippen MR) is 83.9 cm³/mol. The number of carbonyl (C=O) groups is 3. The topological polar surface area (TPSA) is 93.7 Å². The van der Waals surface area contributed by atoms with E-state index in [-0.39, 0.29) is 5.92 Å². The molecule has 0 aliphatic heterocycles. The van der Waals surface area contributed by atoms with Crippen molar-refractivity contribution < 1.29 is 23.9 Å². The van der Waals surface area contributed by atoms with Gasteiger partial charge in [-0.2, -0.15) is 0 Å². The summed E-state index contributed by atoms with van der Waals surface area (Å²) in [6, 6.07) is 8.16. The summed E-state index contributed by atoms with van der Waals surface area (Å²) in [6.45, 7) is 5.27. The van der Waals surface area contributed by atoms with Crippen LogP contribution in [0, 0.1) is 5.92 Å². The van der Waals surface area contributed by atoms with Gasteiger partial charge < -0.3 is 14.8 Å². The number of rotatable bonds is 7. The van der Waals surface area contributed by atoms with Crippen molar-refractivity contribution in [1.29, 1.82) is 0 Å². The van der Waals surface area contributed by atoms with Crippen molar-refractivity contribution in [2.75, 3.05) is 13.2 Å². The number of nitrogens with one attached hydrogen (secondary N) is 2. The Morgan fingerprint density at radius 2 is 1.74 bits per heavy atom. The van der Waals surface area contributed by atoms with Crippen molar-refractivity contribution in [1.82, 2.24) is 10.6 Å². The highest BCUT2D eigenvalue weighted by Gasteiger charge is 2.18. The Balaban J connectivity index is 2.29. The first-order chi connectivity index (χ1) is 10.9. The second-order valence-electron chi connectivity index (χ2n) is 5.33. The normalized spacial score (nSPS) is 11.5. The summed E-state index contributed by atoms with van der Waals surface area (Å²) in [5.74, 6) is -0.600. The number of hydrogen-bond donors (Lipinski definition) is 2. The number of urea groups is 1. The van der Waals surface area contributed by atoms with Gasteiger partial charge in [0.2, 0.25) is 0 Å². The minimum atomic E-state index is -0.861. The zero-order valence-electron chi connectivity index (χ0n) is 13.5. The second kappa shape index (κ2) is 9.45. The van der Waals surface area contributed by atoms with Crippen molar-refractivity contribution in [2.45, 2.75) is 26.9 Å². The molecule has 0 unspecified atom stereocenters. The van der Waals surface area contributed by atoms with Gasteiger partial charge in [0.05, 0.1) is 0 Å². The van der Waals surface area contributed by atoms with Crippen LogP contribution in [0.1, 0.15) is 20.8 Å². The van der Waals surface area contributed by atoms with Gasteiger partial charge in [0.15, 0.2) is 12.7 Å². The first-order valence-corrected chi connectivity index (χ1v) is 7.34. The molecule has 23 heavy (non-hydrogen) atoms. The molecule has 0 heterocycles. The lowest BCUT2D eigenvalue weighted by Gasteiger charge is -2.14. The van der Waals surface area contributed by atoms with E-state index < -0.39 is 30.6 Å². The van der Waals surface area contributed by atoms with Crippen molar-refractivity contribution in [3.05, 3.63) is 30.3 Å². The van der Waals surface area contributed by atoms with Crippen molar-refractivity contribution >= 4 is 17.9 Å². The van der Waals surface area contributed by atoms with Crippen LogP contribution in [-0.2, 0) is 14.3 Å². The first kappa shape index (κ1) is 18.5. The predicted octanol–water partition coefficient (Wildman–Crippen LogP) is 1.48. The maximum atomic E-state index is 11.7. The lowest BCUT2D eigenvalue weighted by atomic mass is 10.2. The van der Waals surface area contributed by atoms with Gasteiger partial charge in [0.25, 0.3) is 5.91 Å². The van der Waals surface area contributed by atoms with Gasteiger partial charge in [-0.3, -0.25) is 10.1 Å². The van der Waals surface area contributed by atoms with Gasteiger partial charge in [-0.25, -0.2) is 9.59 Å². The maximum absolute atomic E-state index is 11.7. The average Bonchev–Trinajstić information content (AvgIpc) is 2.51. The lowest BCUT2D eigenvalue weighted by Crippen LogP contribution is -2.43. The molecule has 0 spiro atoms. The number of amides is 3. The number of ether oxygens (including phenoxy) is 2. The van der Waals surface area contributed by atoms with E-state index in [1.807, 2.05) is 19.9 Å². The molecule has 3 amide bonds. The molecule has 0 aliphatic rings. The highest BCUT2D eigenvalue weighted by molar-refractivity contribution is 5.95. The SMILES string of the molecule is CC(C)CNC(=O)NC(=O)COC(=O)[C@@H](C)Oc1ccccc1.